The molecule has 0 spiro atoms. The van der Waals surface area contributed by atoms with Crippen LogP contribution in [0.25, 0.3) is 6.08 Å². The summed E-state index contributed by atoms with van der Waals surface area (Å²) in [4.78, 5) is 17.0. The van der Waals surface area contributed by atoms with Crippen molar-refractivity contribution in [2.45, 2.75) is 4.90 Å². The molecule has 1 heterocycles. The number of oxime groups is 1. The quantitative estimate of drug-likeness (QED) is 0.263. The Labute approximate surface area is 199 Å². The number of nitrogens with zero attached hydrogens (tertiary/aromatic N) is 1. The Balaban J connectivity index is 1.70. The monoisotopic (exact) mass is 503 g/mol. The van der Waals surface area contributed by atoms with Crippen LogP contribution >= 0.6 is 23.2 Å². The van der Waals surface area contributed by atoms with Gasteiger partial charge in [0.25, 0.3) is 0 Å². The van der Waals surface area contributed by atoms with Crippen LogP contribution in [0.4, 0.5) is 0 Å². The molecule has 0 unspecified atom stereocenters. The average molecular weight is 504 g/mol. The molecule has 7 nitrogen and oxygen atoms in total. The molecular formula is C23H15Cl2NO6S. The fourth-order valence-electron chi connectivity index (χ4n) is 3.04. The normalized spacial score (nSPS) is 14.7. The standard InChI is InChI=1S/C23H15Cl2NO6S/c1-30-20-13-14(11-18-21(26-31-23(18)27)15-5-3-2-4-6-15)12-19(25)22(20)32-33(28,29)17-9-7-16(24)8-10-17/h2-13H,1H3/b18-11-. The maximum Gasteiger partial charge on any atom is 0.368 e. The maximum atomic E-state index is 12.7. The largest absolute Gasteiger partial charge is 0.493 e. The number of rotatable bonds is 6. The van der Waals surface area contributed by atoms with Crippen molar-refractivity contribution in [2.24, 2.45) is 5.16 Å². The lowest BCUT2D eigenvalue weighted by Gasteiger charge is -2.13. The fraction of sp³-hybridized carbons (Fsp3) is 0.0435. The zero-order chi connectivity index (χ0) is 23.6. The van der Waals surface area contributed by atoms with Crippen LogP contribution in [0, 0.1) is 0 Å². The van der Waals surface area contributed by atoms with Crippen molar-refractivity contribution in [3.63, 3.8) is 0 Å². The number of benzene rings is 3. The number of hydrogen-bond donors (Lipinski definition) is 0. The third-order valence-electron chi connectivity index (χ3n) is 4.60. The third-order valence-corrected chi connectivity index (χ3v) is 6.37. The van der Waals surface area contributed by atoms with Crippen LogP contribution in [-0.2, 0) is 19.8 Å². The van der Waals surface area contributed by atoms with E-state index in [0.717, 1.165) is 0 Å². The van der Waals surface area contributed by atoms with Gasteiger partial charge in [-0.1, -0.05) is 58.7 Å². The second kappa shape index (κ2) is 9.27. The Morgan fingerprint density at radius 1 is 1.00 bits per heavy atom. The summed E-state index contributed by atoms with van der Waals surface area (Å²) in [5.74, 6) is -0.770. The van der Waals surface area contributed by atoms with Gasteiger partial charge in [0.15, 0.2) is 5.75 Å². The smallest absolute Gasteiger partial charge is 0.368 e. The molecule has 0 saturated heterocycles. The van der Waals surface area contributed by atoms with Crippen LogP contribution < -0.4 is 8.92 Å². The molecule has 3 aromatic rings. The highest BCUT2D eigenvalue weighted by Crippen LogP contribution is 2.39. The molecule has 0 aromatic heterocycles. The highest BCUT2D eigenvalue weighted by atomic mass is 35.5. The predicted octanol–water partition coefficient (Wildman–Crippen LogP) is 5.11. The van der Waals surface area contributed by atoms with Crippen molar-refractivity contribution in [3.8, 4) is 11.5 Å². The van der Waals surface area contributed by atoms with E-state index in [4.69, 9.17) is 37.0 Å². The van der Waals surface area contributed by atoms with Gasteiger partial charge in [-0.3, -0.25) is 0 Å². The summed E-state index contributed by atoms with van der Waals surface area (Å²) in [7, 11) is -2.87. The Morgan fingerprint density at radius 3 is 2.36 bits per heavy atom. The molecule has 0 atom stereocenters. The molecule has 168 valence electrons. The minimum Gasteiger partial charge on any atom is -0.493 e. The number of carbonyl (C=O) groups is 1. The van der Waals surface area contributed by atoms with Gasteiger partial charge >= 0.3 is 16.1 Å². The van der Waals surface area contributed by atoms with Crippen LogP contribution in [0.5, 0.6) is 11.5 Å². The summed E-state index contributed by atoms with van der Waals surface area (Å²) >= 11 is 12.2. The number of methoxy groups -OCH3 is 1. The first-order valence-electron chi connectivity index (χ1n) is 9.43. The topological polar surface area (TPSA) is 91.3 Å². The molecule has 0 radical (unpaired) electrons. The molecule has 1 aliphatic rings. The van der Waals surface area contributed by atoms with Gasteiger partial charge in [0.2, 0.25) is 5.75 Å². The molecule has 10 heteroatoms. The Morgan fingerprint density at radius 2 is 1.70 bits per heavy atom. The van der Waals surface area contributed by atoms with Crippen LogP contribution in [0.1, 0.15) is 11.1 Å². The van der Waals surface area contributed by atoms with Crippen LogP contribution in [0.2, 0.25) is 10.0 Å². The summed E-state index contributed by atoms with van der Waals surface area (Å²) in [6.45, 7) is 0. The maximum absolute atomic E-state index is 12.7. The van der Waals surface area contributed by atoms with Crippen LogP contribution in [0.3, 0.4) is 0 Å². The van der Waals surface area contributed by atoms with Gasteiger partial charge in [-0.2, -0.15) is 8.42 Å². The first-order chi connectivity index (χ1) is 15.8. The predicted molar refractivity (Wildman–Crippen MR) is 124 cm³/mol. The summed E-state index contributed by atoms with van der Waals surface area (Å²) in [5.41, 5.74) is 1.72. The van der Waals surface area contributed by atoms with Crippen LogP contribution in [0.15, 0.2) is 82.4 Å². The molecule has 0 N–H and O–H groups in total. The van der Waals surface area contributed by atoms with Crippen molar-refractivity contribution in [2.75, 3.05) is 7.11 Å². The summed E-state index contributed by atoms with van der Waals surface area (Å²) in [6.07, 6.45) is 1.52. The highest BCUT2D eigenvalue weighted by Gasteiger charge is 2.27. The lowest BCUT2D eigenvalue weighted by molar-refractivity contribution is -0.136. The summed E-state index contributed by atoms with van der Waals surface area (Å²) in [6, 6.07) is 17.5. The minimum absolute atomic E-state index is 0.0386. The fourth-order valence-corrected chi connectivity index (χ4v) is 4.43. The van der Waals surface area contributed by atoms with E-state index in [0.29, 0.717) is 21.9 Å². The van der Waals surface area contributed by atoms with E-state index in [2.05, 4.69) is 5.16 Å². The molecule has 33 heavy (non-hydrogen) atoms. The Bertz CT molecular complexity index is 1380. The van der Waals surface area contributed by atoms with Crippen molar-refractivity contribution in [3.05, 3.63) is 93.5 Å². The molecule has 0 fully saturated rings. The molecule has 0 amide bonds. The second-order valence-electron chi connectivity index (χ2n) is 6.77. The first-order valence-corrected chi connectivity index (χ1v) is 11.6. The van der Waals surface area contributed by atoms with E-state index in [1.807, 2.05) is 18.2 Å². The average Bonchev–Trinajstić information content (AvgIpc) is 3.16. The number of ether oxygens (including phenoxy) is 1. The summed E-state index contributed by atoms with van der Waals surface area (Å²) in [5, 5.41) is 4.20. The molecular weight excluding hydrogens is 489 g/mol. The van der Waals surface area contributed by atoms with Gasteiger partial charge in [-0.15, -0.1) is 0 Å². The Kier molecular flexibility index (Phi) is 6.42. The SMILES string of the molecule is COc1cc(/C=C2\C(=O)ON=C2c2ccccc2)cc(Cl)c1OS(=O)(=O)c1ccc(Cl)cc1. The van der Waals surface area contributed by atoms with E-state index in [1.165, 1.54) is 49.6 Å². The van der Waals surface area contributed by atoms with Gasteiger partial charge in [0, 0.05) is 10.6 Å². The molecule has 3 aromatic carbocycles. The Hall–Kier alpha value is -3.33. The lowest BCUT2D eigenvalue weighted by Crippen LogP contribution is -2.11. The van der Waals surface area contributed by atoms with Crippen molar-refractivity contribution in [1.29, 1.82) is 0 Å². The number of carbonyl (C=O) groups excluding carboxylic acids is 1. The summed E-state index contributed by atoms with van der Waals surface area (Å²) < 4.78 is 35.9. The van der Waals surface area contributed by atoms with Gasteiger partial charge in [0.05, 0.1) is 17.7 Å². The van der Waals surface area contributed by atoms with Crippen molar-refractivity contribution < 1.29 is 27.0 Å². The van der Waals surface area contributed by atoms with Gasteiger partial charge in [0.1, 0.15) is 10.6 Å². The van der Waals surface area contributed by atoms with Gasteiger partial charge < -0.3 is 13.8 Å². The molecule has 4 rings (SSSR count). The molecule has 0 bridgehead atoms. The van der Waals surface area contributed by atoms with Gasteiger partial charge in [-0.25, -0.2) is 4.79 Å². The molecule has 1 aliphatic heterocycles. The van der Waals surface area contributed by atoms with E-state index < -0.39 is 16.1 Å². The first kappa shape index (κ1) is 22.8. The zero-order valence-corrected chi connectivity index (χ0v) is 19.3. The minimum atomic E-state index is -4.21. The van der Waals surface area contributed by atoms with Crippen molar-refractivity contribution >= 4 is 51.1 Å². The zero-order valence-electron chi connectivity index (χ0n) is 17.0. The highest BCUT2D eigenvalue weighted by molar-refractivity contribution is 7.87. The van der Waals surface area contributed by atoms with E-state index in [-0.39, 0.29) is 27.0 Å². The second-order valence-corrected chi connectivity index (χ2v) is 9.16. The lowest BCUT2D eigenvalue weighted by atomic mass is 10.0. The number of hydrogen-bond acceptors (Lipinski definition) is 7. The third kappa shape index (κ3) is 4.88. The van der Waals surface area contributed by atoms with E-state index in [1.54, 1.807) is 12.1 Å². The van der Waals surface area contributed by atoms with Gasteiger partial charge in [-0.05, 0) is 48.0 Å². The van der Waals surface area contributed by atoms with Crippen molar-refractivity contribution in [1.82, 2.24) is 0 Å². The van der Waals surface area contributed by atoms with E-state index in [9.17, 15) is 13.2 Å². The molecule has 0 saturated carbocycles. The van der Waals surface area contributed by atoms with Crippen LogP contribution in [-0.4, -0.2) is 27.2 Å². The number of halogens is 2. The molecule has 0 aliphatic carbocycles. The van der Waals surface area contributed by atoms with E-state index >= 15 is 0 Å².